The number of ether oxygens (including phenoxy) is 1. The molecule has 4 atom stereocenters. The van der Waals surface area contributed by atoms with Crippen LogP contribution in [0.2, 0.25) is 0 Å². The fourth-order valence-corrected chi connectivity index (χ4v) is 2.27. The maximum absolute atomic E-state index is 10.0. The van der Waals surface area contributed by atoms with Gasteiger partial charge in [-0.25, -0.2) is 0 Å². The van der Waals surface area contributed by atoms with E-state index in [1.54, 1.807) is 6.08 Å². The van der Waals surface area contributed by atoms with Crippen molar-refractivity contribution in [3.05, 3.63) is 24.3 Å². The van der Waals surface area contributed by atoms with E-state index in [1.165, 1.54) is 0 Å². The Kier molecular flexibility index (Phi) is 7.12. The van der Waals surface area contributed by atoms with Crippen molar-refractivity contribution in [2.75, 3.05) is 0 Å². The summed E-state index contributed by atoms with van der Waals surface area (Å²) in [7, 11) is 0. The summed E-state index contributed by atoms with van der Waals surface area (Å²) in [5.41, 5.74) is 0. The van der Waals surface area contributed by atoms with E-state index in [-0.39, 0.29) is 17.6 Å². The van der Waals surface area contributed by atoms with Crippen molar-refractivity contribution in [1.82, 2.24) is 0 Å². The molecule has 0 amide bonds. The number of hydrogen-bond acceptors (Lipinski definition) is 2. The molecule has 0 saturated carbocycles. The van der Waals surface area contributed by atoms with Gasteiger partial charge in [0, 0.05) is 0 Å². The monoisotopic (exact) mass is 268 g/mol. The molecule has 0 bridgehead atoms. The second-order valence-electron chi connectivity index (χ2n) is 4.45. The minimum atomic E-state index is -0.465. The smallest absolute Gasteiger partial charge is 0.0839 e. The Bertz CT molecular complexity index is 330. The number of rotatable bonds is 3. The molecule has 0 fully saturated rings. The van der Waals surface area contributed by atoms with E-state index in [4.69, 9.17) is 22.8 Å². The van der Waals surface area contributed by atoms with Crippen LogP contribution in [0.15, 0.2) is 24.3 Å². The van der Waals surface area contributed by atoms with Crippen LogP contribution in [0.5, 0.6) is 0 Å². The Morgan fingerprint density at radius 1 is 1.44 bits per heavy atom. The van der Waals surface area contributed by atoms with Gasteiger partial charge in [-0.15, -0.1) is 18.0 Å². The SMILES string of the molecule is C#C/C=C\C[C@@H]1O[C@@H](CC)[C@H](O)C/C=C\C[C@@H]1Cl. The van der Waals surface area contributed by atoms with Crippen LogP contribution in [-0.2, 0) is 4.74 Å². The van der Waals surface area contributed by atoms with Gasteiger partial charge >= 0.3 is 0 Å². The number of aliphatic hydroxyl groups excluding tert-OH is 1. The van der Waals surface area contributed by atoms with Crippen molar-refractivity contribution in [2.24, 2.45) is 0 Å². The highest BCUT2D eigenvalue weighted by atomic mass is 35.5. The number of terminal acetylenes is 1. The molecule has 0 aromatic heterocycles. The van der Waals surface area contributed by atoms with Gasteiger partial charge in [-0.3, -0.25) is 0 Å². The van der Waals surface area contributed by atoms with Gasteiger partial charge in [0.25, 0.3) is 0 Å². The molecule has 0 aromatic rings. The van der Waals surface area contributed by atoms with Crippen LogP contribution in [0, 0.1) is 12.3 Å². The van der Waals surface area contributed by atoms with Gasteiger partial charge in [0.2, 0.25) is 0 Å². The number of allylic oxidation sites excluding steroid dienone is 2. The molecule has 1 N–H and O–H groups in total. The van der Waals surface area contributed by atoms with Crippen molar-refractivity contribution >= 4 is 11.6 Å². The number of halogens is 1. The highest BCUT2D eigenvalue weighted by molar-refractivity contribution is 6.21. The number of alkyl halides is 1. The number of aliphatic hydroxyl groups is 1. The molecular formula is C15H21ClO2. The lowest BCUT2D eigenvalue weighted by molar-refractivity contribution is -0.0755. The van der Waals surface area contributed by atoms with Gasteiger partial charge in [-0.2, -0.15) is 0 Å². The average molecular weight is 269 g/mol. The second kappa shape index (κ2) is 8.37. The first-order valence-corrected chi connectivity index (χ1v) is 6.86. The summed E-state index contributed by atoms with van der Waals surface area (Å²) in [6.07, 6.45) is 14.8. The minimum Gasteiger partial charge on any atom is -0.390 e. The molecule has 2 nitrogen and oxygen atoms in total. The van der Waals surface area contributed by atoms with Crippen LogP contribution < -0.4 is 0 Å². The van der Waals surface area contributed by atoms with Crippen molar-refractivity contribution < 1.29 is 9.84 Å². The van der Waals surface area contributed by atoms with Gasteiger partial charge in [-0.1, -0.05) is 31.1 Å². The maximum atomic E-state index is 10.0. The molecule has 0 aromatic carbocycles. The van der Waals surface area contributed by atoms with Crippen LogP contribution >= 0.6 is 11.6 Å². The molecule has 1 heterocycles. The summed E-state index contributed by atoms with van der Waals surface area (Å²) < 4.78 is 5.95. The Hall–Kier alpha value is -0.750. The van der Waals surface area contributed by atoms with Crippen molar-refractivity contribution in [1.29, 1.82) is 0 Å². The van der Waals surface area contributed by atoms with E-state index < -0.39 is 6.10 Å². The molecule has 100 valence electrons. The third-order valence-corrected chi connectivity index (χ3v) is 3.53. The predicted octanol–water partition coefficient (Wildman–Crippen LogP) is 3.05. The second-order valence-corrected chi connectivity index (χ2v) is 5.01. The zero-order valence-corrected chi connectivity index (χ0v) is 11.5. The normalized spacial score (nSPS) is 35.4. The lowest BCUT2D eigenvalue weighted by Crippen LogP contribution is -2.35. The molecule has 3 heteroatoms. The summed E-state index contributed by atoms with van der Waals surface area (Å²) in [5, 5.41) is 9.91. The van der Waals surface area contributed by atoms with Crippen LogP contribution in [-0.4, -0.2) is 28.8 Å². The minimum absolute atomic E-state index is 0.0944. The fourth-order valence-electron chi connectivity index (χ4n) is 2.01. The maximum Gasteiger partial charge on any atom is 0.0839 e. The molecule has 1 aliphatic rings. The van der Waals surface area contributed by atoms with E-state index in [0.717, 1.165) is 12.8 Å². The lowest BCUT2D eigenvalue weighted by Gasteiger charge is -2.28. The van der Waals surface area contributed by atoms with Crippen LogP contribution in [0.4, 0.5) is 0 Å². The molecule has 0 spiro atoms. The predicted molar refractivity (Wildman–Crippen MR) is 75.6 cm³/mol. The standard InChI is InChI=1S/C15H21ClO2/c1-3-5-6-11-15-12(16)9-7-8-10-13(17)14(4-2)18-15/h1,5-8,12-15,17H,4,9-11H2,2H3/b6-5-,8-7-/t12-,13+,14-,15-/m0/s1. The van der Waals surface area contributed by atoms with Crippen LogP contribution in [0.25, 0.3) is 0 Å². The molecule has 0 saturated heterocycles. The topological polar surface area (TPSA) is 29.5 Å². The summed E-state index contributed by atoms with van der Waals surface area (Å²) in [4.78, 5) is 0. The van der Waals surface area contributed by atoms with E-state index in [0.29, 0.717) is 12.8 Å². The third kappa shape index (κ3) is 4.86. The molecular weight excluding hydrogens is 248 g/mol. The third-order valence-electron chi connectivity index (χ3n) is 3.07. The summed E-state index contributed by atoms with van der Waals surface area (Å²) in [6, 6.07) is 0. The van der Waals surface area contributed by atoms with Gasteiger partial charge in [-0.05, 0) is 31.8 Å². The molecule has 1 aliphatic heterocycles. The Balaban J connectivity index is 2.73. The average Bonchev–Trinajstić information content (AvgIpc) is 2.43. The zero-order valence-electron chi connectivity index (χ0n) is 10.8. The molecule has 0 unspecified atom stereocenters. The highest BCUT2D eigenvalue weighted by Gasteiger charge is 2.26. The highest BCUT2D eigenvalue weighted by Crippen LogP contribution is 2.23. The zero-order chi connectivity index (χ0) is 13.4. The quantitative estimate of drug-likeness (QED) is 0.484. The Labute approximate surface area is 115 Å². The van der Waals surface area contributed by atoms with Crippen LogP contribution in [0.3, 0.4) is 0 Å². The molecule has 0 aliphatic carbocycles. The molecule has 0 radical (unpaired) electrons. The summed E-state index contributed by atoms with van der Waals surface area (Å²) in [6.45, 7) is 2.01. The molecule has 1 rings (SSSR count). The van der Waals surface area contributed by atoms with Gasteiger partial charge in [0.05, 0.1) is 23.7 Å². The number of hydrogen-bond donors (Lipinski definition) is 1. The van der Waals surface area contributed by atoms with E-state index in [1.807, 2.05) is 25.2 Å². The summed E-state index contributed by atoms with van der Waals surface area (Å²) >= 11 is 6.34. The van der Waals surface area contributed by atoms with Gasteiger partial charge < -0.3 is 9.84 Å². The molecule has 18 heavy (non-hydrogen) atoms. The fraction of sp³-hybridized carbons (Fsp3) is 0.600. The Morgan fingerprint density at radius 3 is 2.83 bits per heavy atom. The van der Waals surface area contributed by atoms with Gasteiger partial charge in [0.1, 0.15) is 0 Å². The largest absolute Gasteiger partial charge is 0.390 e. The van der Waals surface area contributed by atoms with E-state index in [2.05, 4.69) is 5.92 Å². The first-order valence-electron chi connectivity index (χ1n) is 6.42. The van der Waals surface area contributed by atoms with E-state index in [9.17, 15) is 5.11 Å². The van der Waals surface area contributed by atoms with Crippen molar-refractivity contribution in [3.8, 4) is 12.3 Å². The first-order chi connectivity index (χ1) is 8.69. The van der Waals surface area contributed by atoms with Crippen molar-refractivity contribution in [3.63, 3.8) is 0 Å². The van der Waals surface area contributed by atoms with Crippen molar-refractivity contribution in [2.45, 2.75) is 56.3 Å². The Morgan fingerprint density at radius 2 is 2.17 bits per heavy atom. The van der Waals surface area contributed by atoms with E-state index >= 15 is 0 Å². The van der Waals surface area contributed by atoms with Gasteiger partial charge in [0.15, 0.2) is 0 Å². The summed E-state index contributed by atoms with van der Waals surface area (Å²) in [5.74, 6) is 2.45. The first kappa shape index (κ1) is 15.3. The van der Waals surface area contributed by atoms with Crippen LogP contribution in [0.1, 0.15) is 32.6 Å². The lowest BCUT2D eigenvalue weighted by atomic mass is 10.1.